The van der Waals surface area contributed by atoms with Gasteiger partial charge in [-0.1, -0.05) is 30.3 Å². The Bertz CT molecular complexity index is 560. The molecule has 1 aromatic carbocycles. The number of benzene rings is 1. The van der Waals surface area contributed by atoms with E-state index in [1.807, 2.05) is 15.8 Å². The Morgan fingerprint density at radius 1 is 1.24 bits per heavy atom. The lowest BCUT2D eigenvalue weighted by Gasteiger charge is -2.32. The molecule has 1 amide bonds. The minimum Gasteiger partial charge on any atom is -0.343 e. The molecule has 1 aliphatic heterocycles. The Balaban J connectivity index is 1.48. The summed E-state index contributed by atoms with van der Waals surface area (Å²) in [5.74, 6) is 0.878. The predicted molar refractivity (Wildman–Crippen MR) is 85.4 cm³/mol. The Morgan fingerprint density at radius 3 is 2.67 bits per heavy atom. The molecule has 21 heavy (non-hydrogen) atoms. The fourth-order valence-corrected chi connectivity index (χ4v) is 3.53. The molecule has 0 unspecified atom stereocenters. The molecule has 0 N–H and O–H groups in total. The van der Waals surface area contributed by atoms with Crippen LogP contribution in [0.15, 0.2) is 41.2 Å². The summed E-state index contributed by atoms with van der Waals surface area (Å²) in [7, 11) is 0. The molecule has 3 rings (SSSR count). The van der Waals surface area contributed by atoms with E-state index in [1.54, 1.807) is 11.3 Å². The van der Waals surface area contributed by atoms with E-state index < -0.39 is 0 Å². The van der Waals surface area contributed by atoms with E-state index in [-0.39, 0.29) is 5.91 Å². The molecular formula is C17H20N2OS. The molecule has 4 heteroatoms. The number of likely N-dealkylation sites (tertiary alicyclic amines) is 1. The molecule has 1 saturated heterocycles. The highest BCUT2D eigenvalue weighted by Gasteiger charge is 2.23. The maximum atomic E-state index is 12.2. The van der Waals surface area contributed by atoms with E-state index in [0.29, 0.717) is 12.3 Å². The summed E-state index contributed by atoms with van der Waals surface area (Å²) < 4.78 is 0. The molecule has 2 aromatic rings. The molecule has 0 saturated carbocycles. The van der Waals surface area contributed by atoms with Gasteiger partial charge in [-0.15, -0.1) is 11.3 Å². The zero-order valence-electron chi connectivity index (χ0n) is 12.1. The molecule has 1 aromatic heterocycles. The topological polar surface area (TPSA) is 33.2 Å². The predicted octanol–water partition coefficient (Wildman–Crippen LogP) is 3.48. The van der Waals surface area contributed by atoms with Crippen LogP contribution in [0.4, 0.5) is 0 Å². The van der Waals surface area contributed by atoms with Gasteiger partial charge in [0.05, 0.1) is 11.2 Å². The molecule has 110 valence electrons. The molecule has 1 fully saturated rings. The van der Waals surface area contributed by atoms with Crippen LogP contribution in [-0.2, 0) is 11.2 Å². The van der Waals surface area contributed by atoms with Gasteiger partial charge >= 0.3 is 0 Å². The number of hydrogen-bond donors (Lipinski definition) is 0. The lowest BCUT2D eigenvalue weighted by atomic mass is 9.89. The Hall–Kier alpha value is -1.68. The average Bonchev–Trinajstić information content (AvgIpc) is 3.07. The second kappa shape index (κ2) is 6.85. The van der Waals surface area contributed by atoms with Gasteiger partial charge in [-0.25, -0.2) is 4.98 Å². The molecule has 0 radical (unpaired) electrons. The molecule has 3 nitrogen and oxygen atoms in total. The second-order valence-corrected chi connectivity index (χ2v) is 6.26. The Kier molecular flexibility index (Phi) is 4.65. The van der Waals surface area contributed by atoms with Crippen molar-refractivity contribution in [1.82, 2.24) is 9.88 Å². The Morgan fingerprint density at radius 2 is 2.00 bits per heavy atom. The third kappa shape index (κ3) is 3.70. The van der Waals surface area contributed by atoms with Crippen LogP contribution in [0, 0.1) is 0 Å². The summed E-state index contributed by atoms with van der Waals surface area (Å²) in [6, 6.07) is 10.6. The van der Waals surface area contributed by atoms with E-state index in [9.17, 15) is 4.79 Å². The van der Waals surface area contributed by atoms with Gasteiger partial charge in [-0.2, -0.15) is 0 Å². The van der Waals surface area contributed by atoms with Crippen LogP contribution >= 0.6 is 11.3 Å². The van der Waals surface area contributed by atoms with E-state index in [0.717, 1.165) is 38.0 Å². The van der Waals surface area contributed by atoms with Gasteiger partial charge in [0, 0.05) is 24.9 Å². The van der Waals surface area contributed by atoms with E-state index >= 15 is 0 Å². The largest absolute Gasteiger partial charge is 0.343 e. The monoisotopic (exact) mass is 300 g/mol. The van der Waals surface area contributed by atoms with Crippen molar-refractivity contribution in [2.24, 2.45) is 0 Å². The van der Waals surface area contributed by atoms with Crippen LogP contribution < -0.4 is 0 Å². The molecule has 0 bridgehead atoms. The van der Waals surface area contributed by atoms with Crippen LogP contribution in [0.1, 0.15) is 36.4 Å². The van der Waals surface area contributed by atoms with Crippen LogP contribution in [0.5, 0.6) is 0 Å². The van der Waals surface area contributed by atoms with Crippen molar-refractivity contribution in [1.29, 1.82) is 0 Å². The van der Waals surface area contributed by atoms with Gasteiger partial charge in [0.15, 0.2) is 0 Å². The van der Waals surface area contributed by atoms with Crippen molar-refractivity contribution in [3.05, 3.63) is 52.5 Å². The normalized spacial score (nSPS) is 16.1. The SMILES string of the molecule is O=C(CCc1cscn1)N1CCC(c2ccccc2)CC1. The lowest BCUT2D eigenvalue weighted by molar-refractivity contribution is -0.132. The van der Waals surface area contributed by atoms with Crippen LogP contribution in [0.25, 0.3) is 0 Å². The summed E-state index contributed by atoms with van der Waals surface area (Å²) in [5.41, 5.74) is 4.27. The van der Waals surface area contributed by atoms with Gasteiger partial charge in [0.2, 0.25) is 5.91 Å². The summed E-state index contributed by atoms with van der Waals surface area (Å²) in [6.07, 6.45) is 3.50. The van der Waals surface area contributed by atoms with E-state index in [1.165, 1.54) is 5.56 Å². The highest BCUT2D eigenvalue weighted by molar-refractivity contribution is 7.07. The zero-order chi connectivity index (χ0) is 14.5. The molecule has 0 aliphatic carbocycles. The maximum absolute atomic E-state index is 12.2. The number of rotatable bonds is 4. The Labute approximate surface area is 129 Å². The smallest absolute Gasteiger partial charge is 0.222 e. The number of aromatic nitrogens is 1. The third-order valence-electron chi connectivity index (χ3n) is 4.20. The van der Waals surface area contributed by atoms with Crippen molar-refractivity contribution >= 4 is 17.2 Å². The first-order valence-corrected chi connectivity index (χ1v) is 8.47. The van der Waals surface area contributed by atoms with E-state index in [4.69, 9.17) is 0 Å². The summed E-state index contributed by atoms with van der Waals surface area (Å²) in [4.78, 5) is 18.5. The molecule has 0 spiro atoms. The fourth-order valence-electron chi connectivity index (χ4n) is 2.94. The third-order valence-corrected chi connectivity index (χ3v) is 4.83. The summed E-state index contributed by atoms with van der Waals surface area (Å²) >= 11 is 1.59. The van der Waals surface area contributed by atoms with Gasteiger partial charge in [0.1, 0.15) is 0 Å². The highest BCUT2D eigenvalue weighted by atomic mass is 32.1. The first-order valence-electron chi connectivity index (χ1n) is 7.53. The molecular weight excluding hydrogens is 280 g/mol. The second-order valence-electron chi connectivity index (χ2n) is 5.55. The molecule has 0 atom stereocenters. The molecule has 1 aliphatic rings. The lowest BCUT2D eigenvalue weighted by Crippen LogP contribution is -2.38. The number of aryl methyl sites for hydroxylation is 1. The van der Waals surface area contributed by atoms with Crippen LogP contribution in [0.2, 0.25) is 0 Å². The number of nitrogens with zero attached hydrogens (tertiary/aromatic N) is 2. The minimum absolute atomic E-state index is 0.273. The van der Waals surface area contributed by atoms with Crippen molar-refractivity contribution in [3.63, 3.8) is 0 Å². The number of hydrogen-bond acceptors (Lipinski definition) is 3. The van der Waals surface area contributed by atoms with Gasteiger partial charge in [-0.05, 0) is 30.7 Å². The first kappa shape index (κ1) is 14.3. The van der Waals surface area contributed by atoms with Gasteiger partial charge < -0.3 is 4.90 Å². The summed E-state index contributed by atoms with van der Waals surface area (Å²) in [5, 5.41) is 2.02. The molecule has 2 heterocycles. The highest BCUT2D eigenvalue weighted by Crippen LogP contribution is 2.28. The number of carbonyl (C=O) groups excluding carboxylic acids is 1. The van der Waals surface area contributed by atoms with Crippen LogP contribution in [0.3, 0.4) is 0 Å². The minimum atomic E-state index is 0.273. The standard InChI is InChI=1S/C17H20N2OS/c20-17(7-6-16-12-21-13-18-16)19-10-8-15(9-11-19)14-4-2-1-3-5-14/h1-5,12-13,15H,6-11H2. The van der Waals surface area contributed by atoms with Crippen molar-refractivity contribution in [2.45, 2.75) is 31.6 Å². The quantitative estimate of drug-likeness (QED) is 0.866. The maximum Gasteiger partial charge on any atom is 0.222 e. The van der Waals surface area contributed by atoms with Crippen molar-refractivity contribution in [2.75, 3.05) is 13.1 Å². The average molecular weight is 300 g/mol. The van der Waals surface area contributed by atoms with Crippen molar-refractivity contribution in [3.8, 4) is 0 Å². The van der Waals surface area contributed by atoms with Gasteiger partial charge in [0.25, 0.3) is 0 Å². The van der Waals surface area contributed by atoms with Crippen LogP contribution in [-0.4, -0.2) is 28.9 Å². The number of piperidine rings is 1. The zero-order valence-corrected chi connectivity index (χ0v) is 12.9. The fraction of sp³-hybridized carbons (Fsp3) is 0.412. The number of carbonyl (C=O) groups is 1. The van der Waals surface area contributed by atoms with E-state index in [2.05, 4.69) is 35.3 Å². The number of thiazole rings is 1. The first-order chi connectivity index (χ1) is 10.3. The number of amides is 1. The van der Waals surface area contributed by atoms with Crippen molar-refractivity contribution < 1.29 is 4.79 Å². The summed E-state index contributed by atoms with van der Waals surface area (Å²) in [6.45, 7) is 1.77. The van der Waals surface area contributed by atoms with Gasteiger partial charge in [-0.3, -0.25) is 4.79 Å².